The molecule has 0 aliphatic carbocycles. The van der Waals surface area contributed by atoms with Crippen LogP contribution in [0.5, 0.6) is 0 Å². The highest BCUT2D eigenvalue weighted by Gasteiger charge is 2.40. The van der Waals surface area contributed by atoms with E-state index in [4.69, 9.17) is 4.74 Å². The largest absolute Gasteiger partial charge is 0.452 e. The van der Waals surface area contributed by atoms with Gasteiger partial charge in [-0.25, -0.2) is 0 Å². The highest BCUT2D eigenvalue weighted by atomic mass is 16.5. The van der Waals surface area contributed by atoms with E-state index in [0.717, 1.165) is 11.3 Å². The Balaban J connectivity index is 2.53. The number of amides is 2. The number of ether oxygens (including phenoxy) is 1. The summed E-state index contributed by atoms with van der Waals surface area (Å²) in [6.45, 7) is 5.14. The molecule has 1 aliphatic rings. The molecular formula is C11H15NO4. The van der Waals surface area contributed by atoms with Gasteiger partial charge in [0.1, 0.15) is 0 Å². The third kappa shape index (κ3) is 2.92. The summed E-state index contributed by atoms with van der Waals surface area (Å²) in [5, 5.41) is 0. The molecule has 0 spiro atoms. The first-order chi connectivity index (χ1) is 7.56. The average Bonchev–Trinajstić information content (AvgIpc) is 2.45. The summed E-state index contributed by atoms with van der Waals surface area (Å²) in [5.74, 6) is -1.23. The Morgan fingerprint density at radius 3 is 2.88 bits per heavy atom. The highest BCUT2D eigenvalue weighted by molar-refractivity contribution is 6.05. The number of imide groups is 1. The lowest BCUT2D eigenvalue weighted by Gasteiger charge is -2.13. The molecule has 1 atom stereocenters. The standard InChI is InChI=1S/C11H15NO4/c1-3-4-5-6-12-10(14)7-9(11(12)15)16-8(2)13/h3,9H,1,4-7H2,2H3/t9-/m0/s1. The van der Waals surface area contributed by atoms with Gasteiger partial charge in [0.2, 0.25) is 5.91 Å². The van der Waals surface area contributed by atoms with Gasteiger partial charge in [0.15, 0.2) is 6.10 Å². The normalized spacial score (nSPS) is 20.1. The Morgan fingerprint density at radius 2 is 2.31 bits per heavy atom. The van der Waals surface area contributed by atoms with Crippen LogP contribution in [0.1, 0.15) is 26.2 Å². The second kappa shape index (κ2) is 5.44. The Bertz CT molecular complexity index is 324. The molecule has 0 N–H and O–H groups in total. The molecule has 0 aromatic heterocycles. The maximum absolute atomic E-state index is 11.6. The lowest BCUT2D eigenvalue weighted by molar-refractivity contribution is -0.154. The molecule has 0 aromatic carbocycles. The number of likely N-dealkylation sites (tertiary alicyclic amines) is 1. The summed E-state index contributed by atoms with van der Waals surface area (Å²) in [7, 11) is 0. The fourth-order valence-electron chi connectivity index (χ4n) is 1.57. The molecule has 0 unspecified atom stereocenters. The topological polar surface area (TPSA) is 63.7 Å². The first-order valence-electron chi connectivity index (χ1n) is 5.18. The van der Waals surface area contributed by atoms with Crippen LogP contribution in [-0.2, 0) is 19.1 Å². The third-order valence-electron chi connectivity index (χ3n) is 2.30. The summed E-state index contributed by atoms with van der Waals surface area (Å²) in [5.41, 5.74) is 0. The number of esters is 1. The van der Waals surface area contributed by atoms with Crippen LogP contribution in [0.4, 0.5) is 0 Å². The summed E-state index contributed by atoms with van der Waals surface area (Å²) in [6.07, 6.45) is 2.21. The fraction of sp³-hybridized carbons (Fsp3) is 0.545. The molecule has 88 valence electrons. The van der Waals surface area contributed by atoms with Crippen molar-refractivity contribution in [2.45, 2.75) is 32.3 Å². The lowest BCUT2D eigenvalue weighted by atomic mass is 10.3. The third-order valence-corrected chi connectivity index (χ3v) is 2.30. The minimum absolute atomic E-state index is 0.0352. The highest BCUT2D eigenvalue weighted by Crippen LogP contribution is 2.17. The average molecular weight is 225 g/mol. The van der Waals surface area contributed by atoms with Crippen LogP contribution in [0.2, 0.25) is 0 Å². The van der Waals surface area contributed by atoms with Gasteiger partial charge >= 0.3 is 5.97 Å². The van der Waals surface area contributed by atoms with Crippen LogP contribution < -0.4 is 0 Å². The zero-order chi connectivity index (χ0) is 12.1. The summed E-state index contributed by atoms with van der Waals surface area (Å²) >= 11 is 0. The van der Waals surface area contributed by atoms with Crippen molar-refractivity contribution in [2.75, 3.05) is 6.54 Å². The smallest absolute Gasteiger partial charge is 0.303 e. The summed E-state index contributed by atoms with van der Waals surface area (Å²) in [6, 6.07) is 0. The first kappa shape index (κ1) is 12.4. The van der Waals surface area contributed by atoms with Gasteiger partial charge < -0.3 is 4.74 Å². The van der Waals surface area contributed by atoms with Crippen LogP contribution in [0.25, 0.3) is 0 Å². The van der Waals surface area contributed by atoms with Crippen molar-refractivity contribution >= 4 is 17.8 Å². The summed E-state index contributed by atoms with van der Waals surface area (Å²) < 4.78 is 4.76. The molecule has 0 bridgehead atoms. The second-order valence-corrected chi connectivity index (χ2v) is 3.62. The van der Waals surface area contributed by atoms with E-state index in [1.807, 2.05) is 0 Å². The van der Waals surface area contributed by atoms with Crippen molar-refractivity contribution in [1.29, 1.82) is 0 Å². The Labute approximate surface area is 94.1 Å². The molecule has 2 amide bonds. The van der Waals surface area contributed by atoms with E-state index in [-0.39, 0.29) is 12.3 Å². The van der Waals surface area contributed by atoms with Gasteiger partial charge in [-0.3, -0.25) is 19.3 Å². The Hall–Kier alpha value is -1.65. The number of hydrogen-bond donors (Lipinski definition) is 0. The van der Waals surface area contributed by atoms with Gasteiger partial charge in [0.25, 0.3) is 5.91 Å². The predicted octanol–water partition coefficient (Wildman–Crippen LogP) is 0.643. The quantitative estimate of drug-likeness (QED) is 0.298. The van der Waals surface area contributed by atoms with E-state index in [1.54, 1.807) is 6.08 Å². The van der Waals surface area contributed by atoms with E-state index >= 15 is 0 Å². The van der Waals surface area contributed by atoms with Crippen LogP contribution >= 0.6 is 0 Å². The maximum Gasteiger partial charge on any atom is 0.303 e. The first-order valence-corrected chi connectivity index (χ1v) is 5.18. The zero-order valence-corrected chi connectivity index (χ0v) is 9.27. The van der Waals surface area contributed by atoms with Crippen LogP contribution in [-0.4, -0.2) is 35.3 Å². The van der Waals surface area contributed by atoms with E-state index in [9.17, 15) is 14.4 Å². The van der Waals surface area contributed by atoms with Crippen molar-refractivity contribution in [3.05, 3.63) is 12.7 Å². The Morgan fingerprint density at radius 1 is 1.62 bits per heavy atom. The lowest BCUT2D eigenvalue weighted by Crippen LogP contribution is -2.34. The number of nitrogens with zero attached hydrogens (tertiary/aromatic N) is 1. The van der Waals surface area contributed by atoms with Gasteiger partial charge in [-0.05, 0) is 12.8 Å². The molecule has 1 saturated heterocycles. The monoisotopic (exact) mass is 225 g/mol. The van der Waals surface area contributed by atoms with E-state index < -0.39 is 18.0 Å². The fourth-order valence-corrected chi connectivity index (χ4v) is 1.57. The molecule has 1 rings (SSSR count). The zero-order valence-electron chi connectivity index (χ0n) is 9.27. The van der Waals surface area contributed by atoms with E-state index in [1.165, 1.54) is 6.92 Å². The number of hydrogen-bond acceptors (Lipinski definition) is 4. The minimum atomic E-state index is -0.922. The van der Waals surface area contributed by atoms with E-state index in [0.29, 0.717) is 13.0 Å². The molecule has 5 heteroatoms. The van der Waals surface area contributed by atoms with Crippen molar-refractivity contribution < 1.29 is 19.1 Å². The molecule has 0 aromatic rings. The summed E-state index contributed by atoms with van der Waals surface area (Å²) in [4.78, 5) is 35.0. The number of unbranched alkanes of at least 4 members (excludes halogenated alkanes) is 1. The SMILES string of the molecule is C=CCCCN1C(=O)C[C@H](OC(C)=O)C1=O. The molecule has 1 fully saturated rings. The van der Waals surface area contributed by atoms with Crippen molar-refractivity contribution in [3.8, 4) is 0 Å². The van der Waals surface area contributed by atoms with Crippen LogP contribution in [0.3, 0.4) is 0 Å². The van der Waals surface area contributed by atoms with Crippen molar-refractivity contribution in [2.24, 2.45) is 0 Å². The van der Waals surface area contributed by atoms with Gasteiger partial charge in [-0.2, -0.15) is 0 Å². The maximum atomic E-state index is 11.6. The van der Waals surface area contributed by atoms with Gasteiger partial charge in [-0.15, -0.1) is 6.58 Å². The van der Waals surface area contributed by atoms with Gasteiger partial charge in [0.05, 0.1) is 6.42 Å². The molecule has 1 aliphatic heterocycles. The molecular weight excluding hydrogens is 210 g/mol. The van der Waals surface area contributed by atoms with Crippen molar-refractivity contribution in [3.63, 3.8) is 0 Å². The predicted molar refractivity (Wildman–Crippen MR) is 56.3 cm³/mol. The van der Waals surface area contributed by atoms with Crippen molar-refractivity contribution in [1.82, 2.24) is 4.90 Å². The molecule has 1 heterocycles. The number of rotatable bonds is 5. The number of carbonyl (C=O) groups excluding carboxylic acids is 3. The second-order valence-electron chi connectivity index (χ2n) is 3.62. The molecule has 16 heavy (non-hydrogen) atoms. The van der Waals surface area contributed by atoms with Crippen LogP contribution in [0.15, 0.2) is 12.7 Å². The van der Waals surface area contributed by atoms with Gasteiger partial charge in [0, 0.05) is 13.5 Å². The molecule has 0 saturated carbocycles. The van der Waals surface area contributed by atoms with E-state index in [2.05, 4.69) is 6.58 Å². The molecule has 5 nitrogen and oxygen atoms in total. The molecule has 0 radical (unpaired) electrons. The van der Waals surface area contributed by atoms with Crippen LogP contribution in [0, 0.1) is 0 Å². The Kier molecular flexibility index (Phi) is 4.22. The number of carbonyl (C=O) groups is 3. The van der Waals surface area contributed by atoms with Gasteiger partial charge in [-0.1, -0.05) is 6.08 Å². The minimum Gasteiger partial charge on any atom is -0.452 e. The number of allylic oxidation sites excluding steroid dienone is 1.